The normalized spacial score (nSPS) is 23.4. The molecule has 0 amide bonds. The summed E-state index contributed by atoms with van der Waals surface area (Å²) in [5.41, 5.74) is 3.28. The third-order valence-electron chi connectivity index (χ3n) is 5.71. The van der Waals surface area contributed by atoms with E-state index >= 15 is 0 Å². The van der Waals surface area contributed by atoms with Crippen molar-refractivity contribution in [2.75, 3.05) is 19.6 Å². The van der Waals surface area contributed by atoms with E-state index in [4.69, 9.17) is 0 Å². The molecular formula is C22H29NO2. The van der Waals surface area contributed by atoms with Crippen LogP contribution in [0.4, 0.5) is 0 Å². The summed E-state index contributed by atoms with van der Waals surface area (Å²) in [7, 11) is 0. The third kappa shape index (κ3) is 3.77. The van der Waals surface area contributed by atoms with Crippen LogP contribution in [-0.4, -0.2) is 36.1 Å². The Balaban J connectivity index is 1.74. The zero-order valence-electron chi connectivity index (χ0n) is 15.7. The fourth-order valence-electron chi connectivity index (χ4n) is 4.19. The van der Waals surface area contributed by atoms with Gasteiger partial charge in [0.05, 0.1) is 0 Å². The Labute approximate surface area is 151 Å². The van der Waals surface area contributed by atoms with Gasteiger partial charge in [0.2, 0.25) is 0 Å². The molecule has 3 rings (SSSR count). The number of ketones is 2. The number of rotatable bonds is 5. The summed E-state index contributed by atoms with van der Waals surface area (Å²) in [6.07, 6.45) is 4.72. The van der Waals surface area contributed by atoms with E-state index in [1.54, 1.807) is 0 Å². The Morgan fingerprint density at radius 1 is 1.12 bits per heavy atom. The minimum absolute atomic E-state index is 0.127. The van der Waals surface area contributed by atoms with Crippen molar-refractivity contribution in [3.05, 3.63) is 46.5 Å². The van der Waals surface area contributed by atoms with Crippen molar-refractivity contribution in [1.29, 1.82) is 0 Å². The molecule has 0 bridgehead atoms. The van der Waals surface area contributed by atoms with E-state index in [0.29, 0.717) is 12.8 Å². The van der Waals surface area contributed by atoms with Gasteiger partial charge >= 0.3 is 0 Å². The summed E-state index contributed by atoms with van der Waals surface area (Å²) >= 11 is 0. The molecule has 3 nitrogen and oxygen atoms in total. The Morgan fingerprint density at radius 3 is 2.44 bits per heavy atom. The first-order valence-electron chi connectivity index (χ1n) is 9.45. The molecule has 1 aromatic rings. The van der Waals surface area contributed by atoms with Gasteiger partial charge in [0, 0.05) is 29.5 Å². The van der Waals surface area contributed by atoms with Crippen molar-refractivity contribution in [1.82, 2.24) is 4.90 Å². The highest BCUT2D eigenvalue weighted by molar-refractivity contribution is 6.08. The van der Waals surface area contributed by atoms with Crippen LogP contribution >= 0.6 is 0 Å². The average Bonchev–Trinajstić information content (AvgIpc) is 2.84. The molecule has 1 fully saturated rings. The lowest BCUT2D eigenvalue weighted by Crippen LogP contribution is -2.35. The van der Waals surface area contributed by atoms with Crippen LogP contribution in [0.5, 0.6) is 0 Å². The number of carbonyl (C=O) groups excluding carboxylic acids is 2. The minimum atomic E-state index is -0.594. The first-order valence-corrected chi connectivity index (χ1v) is 9.45. The highest BCUT2D eigenvalue weighted by atomic mass is 16.1. The van der Waals surface area contributed by atoms with E-state index in [1.807, 2.05) is 45.0 Å². The van der Waals surface area contributed by atoms with E-state index in [-0.39, 0.29) is 11.6 Å². The average molecular weight is 339 g/mol. The first kappa shape index (κ1) is 18.1. The number of hydrogen-bond donors (Lipinski definition) is 0. The summed E-state index contributed by atoms with van der Waals surface area (Å²) in [5.74, 6) is 0.275. The van der Waals surface area contributed by atoms with E-state index in [1.165, 1.54) is 19.3 Å². The lowest BCUT2D eigenvalue weighted by atomic mass is 9.79. The van der Waals surface area contributed by atoms with Crippen molar-refractivity contribution < 1.29 is 9.59 Å². The second-order valence-corrected chi connectivity index (χ2v) is 8.14. The first-order chi connectivity index (χ1) is 11.9. The molecule has 1 saturated heterocycles. The maximum absolute atomic E-state index is 13.1. The van der Waals surface area contributed by atoms with E-state index < -0.39 is 5.41 Å². The topological polar surface area (TPSA) is 37.4 Å². The molecule has 1 heterocycles. The molecule has 1 aliphatic heterocycles. The number of benzene rings is 1. The second-order valence-electron chi connectivity index (χ2n) is 8.14. The summed E-state index contributed by atoms with van der Waals surface area (Å²) in [6, 6.07) is 7.78. The molecule has 25 heavy (non-hydrogen) atoms. The number of likely N-dealkylation sites (tertiary alicyclic amines) is 1. The predicted molar refractivity (Wildman–Crippen MR) is 101 cm³/mol. The Morgan fingerprint density at radius 2 is 1.80 bits per heavy atom. The Kier molecular flexibility index (Phi) is 5.24. The smallest absolute Gasteiger partial charge is 0.169 e. The highest BCUT2D eigenvalue weighted by Crippen LogP contribution is 2.40. The number of carbonyl (C=O) groups is 2. The van der Waals surface area contributed by atoms with Crippen molar-refractivity contribution in [3.63, 3.8) is 0 Å². The van der Waals surface area contributed by atoms with Crippen LogP contribution in [0.3, 0.4) is 0 Å². The molecule has 0 aromatic heterocycles. The second kappa shape index (κ2) is 7.25. The zero-order valence-corrected chi connectivity index (χ0v) is 15.7. The maximum atomic E-state index is 13.1. The van der Waals surface area contributed by atoms with Gasteiger partial charge in [0.1, 0.15) is 0 Å². The van der Waals surface area contributed by atoms with Gasteiger partial charge in [-0.05, 0) is 51.8 Å². The van der Waals surface area contributed by atoms with Gasteiger partial charge in [-0.15, -0.1) is 0 Å². The third-order valence-corrected chi connectivity index (χ3v) is 5.71. The van der Waals surface area contributed by atoms with E-state index in [9.17, 15) is 9.59 Å². The monoisotopic (exact) mass is 339 g/mol. The molecular weight excluding hydrogens is 310 g/mol. The predicted octanol–water partition coefficient (Wildman–Crippen LogP) is 4.21. The van der Waals surface area contributed by atoms with Crippen molar-refractivity contribution in [3.8, 4) is 0 Å². The number of Topliss-reactive ketones (excluding diaryl/α,β-unsaturated/α-hetero) is 2. The largest absolute Gasteiger partial charge is 0.299 e. The van der Waals surface area contributed by atoms with Gasteiger partial charge in [-0.2, -0.15) is 0 Å². The summed E-state index contributed by atoms with van der Waals surface area (Å²) in [4.78, 5) is 28.3. The molecule has 1 unspecified atom stereocenters. The van der Waals surface area contributed by atoms with Gasteiger partial charge in [0.15, 0.2) is 11.6 Å². The highest BCUT2D eigenvalue weighted by Gasteiger charge is 2.43. The lowest BCUT2D eigenvalue weighted by molar-refractivity contribution is -0.117. The molecule has 1 atom stereocenters. The molecule has 0 saturated carbocycles. The summed E-state index contributed by atoms with van der Waals surface area (Å²) in [5, 5.41) is 0. The fraction of sp³-hybridized carbons (Fsp3) is 0.545. The van der Waals surface area contributed by atoms with E-state index in [0.717, 1.165) is 41.9 Å². The van der Waals surface area contributed by atoms with Crippen LogP contribution < -0.4 is 0 Å². The lowest BCUT2D eigenvalue weighted by Gasteiger charge is -2.29. The van der Waals surface area contributed by atoms with Crippen LogP contribution in [0.15, 0.2) is 35.4 Å². The van der Waals surface area contributed by atoms with Crippen LogP contribution in [0.1, 0.15) is 62.4 Å². The zero-order chi connectivity index (χ0) is 18.0. The van der Waals surface area contributed by atoms with Crippen molar-refractivity contribution in [2.45, 2.75) is 52.9 Å². The number of piperidine rings is 1. The van der Waals surface area contributed by atoms with Gasteiger partial charge in [0.25, 0.3) is 0 Å². The number of allylic oxidation sites excluding steroid dienone is 1. The number of fused-ring (bicyclic) bond motifs is 1. The Hall–Kier alpha value is -1.74. The molecule has 0 radical (unpaired) electrons. The van der Waals surface area contributed by atoms with Crippen LogP contribution in [-0.2, 0) is 11.2 Å². The molecule has 0 spiro atoms. The van der Waals surface area contributed by atoms with Gasteiger partial charge in [-0.25, -0.2) is 0 Å². The van der Waals surface area contributed by atoms with Gasteiger partial charge < -0.3 is 0 Å². The summed E-state index contributed by atoms with van der Waals surface area (Å²) in [6.45, 7) is 8.88. The van der Waals surface area contributed by atoms with Crippen LogP contribution in [0.2, 0.25) is 0 Å². The Bertz CT molecular complexity index is 708. The van der Waals surface area contributed by atoms with Crippen molar-refractivity contribution in [2.24, 2.45) is 5.41 Å². The van der Waals surface area contributed by atoms with Crippen molar-refractivity contribution >= 4 is 11.6 Å². The van der Waals surface area contributed by atoms with Crippen LogP contribution in [0, 0.1) is 5.41 Å². The molecule has 2 aliphatic rings. The maximum Gasteiger partial charge on any atom is 0.169 e. The quantitative estimate of drug-likeness (QED) is 0.754. The van der Waals surface area contributed by atoms with Gasteiger partial charge in [-0.3, -0.25) is 14.5 Å². The van der Waals surface area contributed by atoms with E-state index in [2.05, 4.69) is 4.90 Å². The molecule has 134 valence electrons. The molecule has 1 aliphatic carbocycles. The summed E-state index contributed by atoms with van der Waals surface area (Å²) < 4.78 is 0. The number of nitrogens with zero attached hydrogens (tertiary/aromatic N) is 1. The SMILES string of the molecule is CC(C)=C(CN1CCCCC1)C(=O)CC1(C)Cc2ccccc2C1=O. The standard InChI is InChI=1S/C22H29NO2/c1-16(2)19(15-23-11-7-4-8-12-23)20(24)14-22(3)13-17-9-5-6-10-18(17)21(22)25/h5-6,9-10H,4,7-8,11-15H2,1-3H3. The number of hydrogen-bond acceptors (Lipinski definition) is 3. The molecule has 0 N–H and O–H groups in total. The fourth-order valence-corrected chi connectivity index (χ4v) is 4.19. The molecule has 1 aromatic carbocycles. The van der Waals surface area contributed by atoms with Gasteiger partial charge in [-0.1, -0.05) is 43.2 Å². The van der Waals surface area contributed by atoms with Crippen LogP contribution in [0.25, 0.3) is 0 Å². The molecule has 3 heteroatoms. The minimum Gasteiger partial charge on any atom is -0.299 e.